The Morgan fingerprint density at radius 3 is 2.88 bits per heavy atom. The van der Waals surface area contributed by atoms with Crippen LogP contribution >= 0.6 is 11.8 Å². The van der Waals surface area contributed by atoms with E-state index >= 15 is 0 Å². The molecule has 0 aliphatic heterocycles. The molecule has 4 aromatic rings. The van der Waals surface area contributed by atoms with Crippen molar-refractivity contribution in [2.45, 2.75) is 30.8 Å². The number of aromatic nitrogens is 4. The number of para-hydroxylation sites is 2. The highest BCUT2D eigenvalue weighted by molar-refractivity contribution is 7.98. The zero-order chi connectivity index (χ0) is 17.2. The van der Waals surface area contributed by atoms with Crippen molar-refractivity contribution in [2.24, 2.45) is 0 Å². The molecule has 5 nitrogen and oxygen atoms in total. The van der Waals surface area contributed by atoms with Crippen molar-refractivity contribution >= 4 is 28.4 Å². The lowest BCUT2D eigenvalue weighted by Crippen LogP contribution is -1.99. The first-order valence-electron chi connectivity index (χ1n) is 8.14. The smallest absolute Gasteiger partial charge is 0.169 e. The van der Waals surface area contributed by atoms with E-state index < -0.39 is 0 Å². The molecule has 4 rings (SSSR count). The molecule has 0 saturated heterocycles. The van der Waals surface area contributed by atoms with E-state index in [0.717, 1.165) is 33.3 Å². The van der Waals surface area contributed by atoms with E-state index in [9.17, 15) is 0 Å². The molecule has 6 heteroatoms. The van der Waals surface area contributed by atoms with Crippen molar-refractivity contribution in [1.82, 2.24) is 18.9 Å². The summed E-state index contributed by atoms with van der Waals surface area (Å²) in [4.78, 5) is 9.46. The van der Waals surface area contributed by atoms with Crippen LogP contribution in [-0.4, -0.2) is 18.9 Å². The molecule has 0 unspecified atom stereocenters. The highest BCUT2D eigenvalue weighted by Crippen LogP contribution is 2.27. The second kappa shape index (κ2) is 6.61. The summed E-state index contributed by atoms with van der Waals surface area (Å²) in [6.45, 7) is 2.73. The SMILES string of the molecule is Cc1cccn2cc(CSc3nc4ccccc4n3CCC#N)nc12. The van der Waals surface area contributed by atoms with Gasteiger partial charge < -0.3 is 8.97 Å². The molecular formula is C19H17N5S. The van der Waals surface area contributed by atoms with Gasteiger partial charge in [0.2, 0.25) is 0 Å². The topological polar surface area (TPSA) is 58.9 Å². The average molecular weight is 347 g/mol. The number of nitriles is 1. The van der Waals surface area contributed by atoms with E-state index in [0.29, 0.717) is 13.0 Å². The minimum Gasteiger partial charge on any atom is -0.318 e. The Morgan fingerprint density at radius 1 is 1.16 bits per heavy atom. The molecule has 0 radical (unpaired) electrons. The number of imidazole rings is 2. The minimum absolute atomic E-state index is 0.474. The Balaban J connectivity index is 1.63. The van der Waals surface area contributed by atoms with E-state index in [1.807, 2.05) is 30.5 Å². The van der Waals surface area contributed by atoms with Gasteiger partial charge in [-0.3, -0.25) is 0 Å². The number of aryl methyl sites for hydroxylation is 2. The molecule has 0 fully saturated rings. The largest absolute Gasteiger partial charge is 0.318 e. The molecule has 0 atom stereocenters. The fraction of sp³-hybridized carbons (Fsp3) is 0.211. The number of benzene rings is 1. The molecule has 0 saturated carbocycles. The highest BCUT2D eigenvalue weighted by Gasteiger charge is 2.12. The number of thioether (sulfide) groups is 1. The van der Waals surface area contributed by atoms with Crippen molar-refractivity contribution in [2.75, 3.05) is 0 Å². The number of fused-ring (bicyclic) bond motifs is 2. The van der Waals surface area contributed by atoms with Gasteiger partial charge >= 0.3 is 0 Å². The Hall–Kier alpha value is -2.78. The molecule has 0 aliphatic rings. The molecule has 1 aromatic carbocycles. The van der Waals surface area contributed by atoms with Crippen LogP contribution in [0.1, 0.15) is 17.7 Å². The van der Waals surface area contributed by atoms with Gasteiger partial charge in [0.1, 0.15) is 5.65 Å². The molecule has 3 heterocycles. The lowest BCUT2D eigenvalue weighted by molar-refractivity contribution is 0.666. The first kappa shape index (κ1) is 15.7. The summed E-state index contributed by atoms with van der Waals surface area (Å²) in [6.07, 6.45) is 4.56. The Kier molecular flexibility index (Phi) is 4.16. The van der Waals surface area contributed by atoms with Gasteiger partial charge in [0.05, 0.1) is 29.2 Å². The maximum absolute atomic E-state index is 8.94. The van der Waals surface area contributed by atoms with Crippen LogP contribution in [0.4, 0.5) is 0 Å². The molecule has 25 heavy (non-hydrogen) atoms. The lowest BCUT2D eigenvalue weighted by Gasteiger charge is -2.05. The summed E-state index contributed by atoms with van der Waals surface area (Å²) in [7, 11) is 0. The van der Waals surface area contributed by atoms with Gasteiger partial charge in [0.15, 0.2) is 5.16 Å². The van der Waals surface area contributed by atoms with Gasteiger partial charge in [0.25, 0.3) is 0 Å². The Labute approximate surface area is 149 Å². The van der Waals surface area contributed by atoms with Crippen LogP contribution in [0.3, 0.4) is 0 Å². The normalized spacial score (nSPS) is 11.2. The first-order valence-corrected chi connectivity index (χ1v) is 9.13. The summed E-state index contributed by atoms with van der Waals surface area (Å²) in [6, 6.07) is 14.4. The Bertz CT molecular complexity index is 1090. The van der Waals surface area contributed by atoms with Crippen molar-refractivity contribution < 1.29 is 0 Å². The average Bonchev–Trinajstić information content (AvgIpc) is 3.20. The third kappa shape index (κ3) is 2.99. The second-order valence-corrected chi connectivity index (χ2v) is 6.83. The first-order chi connectivity index (χ1) is 12.3. The predicted molar refractivity (Wildman–Crippen MR) is 99.5 cm³/mol. The maximum atomic E-state index is 8.94. The van der Waals surface area contributed by atoms with Crippen molar-refractivity contribution in [1.29, 1.82) is 5.26 Å². The van der Waals surface area contributed by atoms with Crippen LogP contribution in [0.25, 0.3) is 16.7 Å². The third-order valence-corrected chi connectivity index (χ3v) is 5.15. The molecule has 124 valence electrons. The van der Waals surface area contributed by atoms with Gasteiger partial charge in [-0.25, -0.2) is 9.97 Å². The van der Waals surface area contributed by atoms with Gasteiger partial charge in [-0.1, -0.05) is 30.0 Å². The summed E-state index contributed by atoms with van der Waals surface area (Å²) >= 11 is 1.66. The number of hydrogen-bond donors (Lipinski definition) is 0. The molecule has 3 aromatic heterocycles. The fourth-order valence-corrected chi connectivity index (χ4v) is 3.88. The van der Waals surface area contributed by atoms with E-state index in [1.54, 1.807) is 11.8 Å². The van der Waals surface area contributed by atoms with Crippen molar-refractivity contribution in [3.63, 3.8) is 0 Å². The summed E-state index contributed by atoms with van der Waals surface area (Å²) in [5, 5.41) is 9.87. The predicted octanol–water partition coefficient (Wildman–Crippen LogP) is 4.20. The number of hydrogen-bond acceptors (Lipinski definition) is 4. The highest BCUT2D eigenvalue weighted by atomic mass is 32.2. The lowest BCUT2D eigenvalue weighted by atomic mass is 10.3. The standard InChI is InChI=1S/C19H17N5S/c1-14-6-4-10-23-12-15(21-18(14)23)13-25-19-22-16-7-2-3-8-17(16)24(19)11-5-9-20/h2-4,6-8,10,12H,5,11,13H2,1H3. The summed E-state index contributed by atoms with van der Waals surface area (Å²) < 4.78 is 4.19. The monoisotopic (exact) mass is 347 g/mol. The van der Waals surface area contributed by atoms with Crippen LogP contribution in [0.2, 0.25) is 0 Å². The Morgan fingerprint density at radius 2 is 2.04 bits per heavy atom. The molecule has 0 spiro atoms. The summed E-state index contributed by atoms with van der Waals surface area (Å²) in [5.74, 6) is 0.747. The zero-order valence-corrected chi connectivity index (χ0v) is 14.7. The van der Waals surface area contributed by atoms with E-state index in [1.165, 1.54) is 5.56 Å². The minimum atomic E-state index is 0.474. The summed E-state index contributed by atoms with van der Waals surface area (Å²) in [5.41, 5.74) is 5.23. The van der Waals surface area contributed by atoms with Crippen LogP contribution < -0.4 is 0 Å². The van der Waals surface area contributed by atoms with E-state index in [2.05, 4.69) is 40.3 Å². The number of rotatable bonds is 5. The zero-order valence-electron chi connectivity index (χ0n) is 13.9. The van der Waals surface area contributed by atoms with Gasteiger partial charge in [-0.05, 0) is 30.7 Å². The van der Waals surface area contributed by atoms with Crippen LogP contribution in [0.15, 0.2) is 53.9 Å². The molecule has 0 bridgehead atoms. The molecule has 0 amide bonds. The molecule has 0 N–H and O–H groups in total. The van der Waals surface area contributed by atoms with Gasteiger partial charge in [-0.2, -0.15) is 5.26 Å². The fourth-order valence-electron chi connectivity index (χ4n) is 2.95. The van der Waals surface area contributed by atoms with Crippen molar-refractivity contribution in [3.8, 4) is 6.07 Å². The molecular weight excluding hydrogens is 330 g/mol. The van der Waals surface area contributed by atoms with Crippen LogP contribution in [0.5, 0.6) is 0 Å². The van der Waals surface area contributed by atoms with Gasteiger partial charge in [0, 0.05) is 24.7 Å². The third-order valence-electron chi connectivity index (χ3n) is 4.14. The quantitative estimate of drug-likeness (QED) is 0.508. The van der Waals surface area contributed by atoms with Gasteiger partial charge in [-0.15, -0.1) is 0 Å². The van der Waals surface area contributed by atoms with E-state index in [-0.39, 0.29) is 0 Å². The van der Waals surface area contributed by atoms with Crippen LogP contribution in [0, 0.1) is 18.3 Å². The van der Waals surface area contributed by atoms with Crippen molar-refractivity contribution in [3.05, 3.63) is 60.0 Å². The number of pyridine rings is 1. The van der Waals surface area contributed by atoms with Crippen LogP contribution in [-0.2, 0) is 12.3 Å². The number of nitrogens with zero attached hydrogens (tertiary/aromatic N) is 5. The second-order valence-electron chi connectivity index (χ2n) is 5.89. The molecule has 0 aliphatic carbocycles. The van der Waals surface area contributed by atoms with E-state index in [4.69, 9.17) is 15.2 Å². The maximum Gasteiger partial charge on any atom is 0.169 e.